The van der Waals surface area contributed by atoms with Crippen LogP contribution in [0, 0.1) is 6.92 Å². The largest absolute Gasteiger partial charge is 0.351 e. The van der Waals surface area contributed by atoms with E-state index in [0.29, 0.717) is 47.0 Å². The van der Waals surface area contributed by atoms with Crippen LogP contribution in [0.3, 0.4) is 0 Å². The van der Waals surface area contributed by atoms with Gasteiger partial charge in [-0.1, -0.05) is 0 Å². The van der Waals surface area contributed by atoms with Gasteiger partial charge < -0.3 is 19.8 Å². The molecule has 0 atom stereocenters. The van der Waals surface area contributed by atoms with Gasteiger partial charge in [-0.05, 0) is 45.1 Å². The van der Waals surface area contributed by atoms with Crippen LogP contribution in [0.5, 0.6) is 0 Å². The first-order chi connectivity index (χ1) is 17.5. The first-order valence-electron chi connectivity index (χ1n) is 12.5. The zero-order chi connectivity index (χ0) is 24.8. The molecule has 1 saturated heterocycles. The molecule has 5 heterocycles. The van der Waals surface area contributed by atoms with E-state index in [1.165, 1.54) is 4.57 Å². The average Bonchev–Trinajstić information content (AvgIpc) is 3.56. The number of nitrogens with one attached hydrogen (secondary N) is 2. The zero-order valence-corrected chi connectivity index (χ0v) is 20.0. The van der Waals surface area contributed by atoms with Crippen LogP contribution < -0.4 is 5.32 Å². The molecule has 1 aliphatic carbocycles. The summed E-state index contributed by atoms with van der Waals surface area (Å²) in [5, 5.41) is 4.28. The fourth-order valence-corrected chi connectivity index (χ4v) is 5.62. The summed E-state index contributed by atoms with van der Waals surface area (Å²) < 4.78 is 27.7. The molecule has 1 saturated carbocycles. The number of H-pyrrole nitrogens is 1. The van der Waals surface area contributed by atoms with Crippen LogP contribution in [0.15, 0.2) is 24.7 Å². The lowest BCUT2D eigenvalue weighted by atomic mass is 9.90. The third-order valence-electron chi connectivity index (χ3n) is 7.44. The smallest absolute Gasteiger partial charge is 0.256 e. The molecule has 36 heavy (non-hydrogen) atoms. The standard InChI is InChI=1S/C25H28F2N8O/c1-14-31-24-20(35(14)13-21(26)27)9-15(10-28-24)18-11-29-23-19(18)12-30-25(33-23)32-16-4-6-17(7-5-16)34-8-2-3-22(34)36/h9-12,16-17,21H,2-8,13H2,1H3,(H2,29,30,32,33)/t16-,17+. The number of hydrogen-bond donors (Lipinski definition) is 2. The van der Waals surface area contributed by atoms with Gasteiger partial charge in [0, 0.05) is 60.2 Å². The van der Waals surface area contributed by atoms with Crippen molar-refractivity contribution < 1.29 is 13.6 Å². The van der Waals surface area contributed by atoms with E-state index >= 15 is 0 Å². The molecule has 0 bridgehead atoms. The molecule has 0 aromatic carbocycles. The summed E-state index contributed by atoms with van der Waals surface area (Å²) in [5.74, 6) is 1.37. The molecule has 1 aliphatic heterocycles. The molecule has 6 rings (SSSR count). The van der Waals surface area contributed by atoms with Gasteiger partial charge in [-0.25, -0.2) is 23.7 Å². The number of fused-ring (bicyclic) bond motifs is 2. The maximum absolute atomic E-state index is 13.1. The van der Waals surface area contributed by atoms with Crippen molar-refractivity contribution in [1.82, 2.24) is 34.4 Å². The first-order valence-corrected chi connectivity index (χ1v) is 12.5. The molecule has 4 aromatic heterocycles. The third-order valence-corrected chi connectivity index (χ3v) is 7.44. The van der Waals surface area contributed by atoms with Gasteiger partial charge >= 0.3 is 0 Å². The highest BCUT2D eigenvalue weighted by atomic mass is 19.3. The molecule has 11 heteroatoms. The fraction of sp³-hybridized carbons (Fsp3) is 0.480. The topological polar surface area (TPSA) is 105 Å². The summed E-state index contributed by atoms with van der Waals surface area (Å²) in [4.78, 5) is 35.2. The number of alkyl halides is 2. The minimum atomic E-state index is -2.48. The van der Waals surface area contributed by atoms with Crippen molar-refractivity contribution in [2.75, 3.05) is 11.9 Å². The van der Waals surface area contributed by atoms with Crippen LogP contribution in [0.1, 0.15) is 44.3 Å². The Balaban J connectivity index is 1.19. The molecule has 2 fully saturated rings. The zero-order valence-electron chi connectivity index (χ0n) is 20.0. The summed E-state index contributed by atoms with van der Waals surface area (Å²) in [5.41, 5.74) is 3.34. The maximum atomic E-state index is 13.1. The Bertz CT molecular complexity index is 1420. The quantitative estimate of drug-likeness (QED) is 0.414. The molecule has 9 nitrogen and oxygen atoms in total. The summed E-state index contributed by atoms with van der Waals surface area (Å²) in [6.07, 6.45) is 8.44. The molecular weight excluding hydrogens is 466 g/mol. The van der Waals surface area contributed by atoms with Crippen molar-refractivity contribution in [2.24, 2.45) is 0 Å². The van der Waals surface area contributed by atoms with E-state index in [9.17, 15) is 13.6 Å². The highest BCUT2D eigenvalue weighted by Crippen LogP contribution is 2.31. The lowest BCUT2D eigenvalue weighted by Gasteiger charge is -2.34. The minimum Gasteiger partial charge on any atom is -0.351 e. The molecule has 0 unspecified atom stereocenters. The van der Waals surface area contributed by atoms with Crippen molar-refractivity contribution in [3.63, 3.8) is 0 Å². The van der Waals surface area contributed by atoms with Crippen molar-refractivity contribution in [3.05, 3.63) is 30.5 Å². The highest BCUT2D eigenvalue weighted by molar-refractivity contribution is 5.95. The van der Waals surface area contributed by atoms with Crippen LogP contribution in [-0.4, -0.2) is 65.3 Å². The molecule has 4 aromatic rings. The molecular formula is C25H28F2N8O. The van der Waals surface area contributed by atoms with Crippen LogP contribution in [0.2, 0.25) is 0 Å². The predicted octanol–water partition coefficient (Wildman–Crippen LogP) is 4.29. The SMILES string of the molecule is Cc1nc2ncc(-c3c[nH]c4nc(N[C@H]5CC[C@@H](N6CCCC6=O)CC5)ncc34)cc2n1CC(F)F. The van der Waals surface area contributed by atoms with E-state index in [2.05, 4.69) is 35.1 Å². The van der Waals surface area contributed by atoms with Crippen molar-refractivity contribution in [3.8, 4) is 11.1 Å². The number of aryl methyl sites for hydroxylation is 1. The van der Waals surface area contributed by atoms with E-state index in [1.54, 1.807) is 19.3 Å². The highest BCUT2D eigenvalue weighted by Gasteiger charge is 2.31. The number of likely N-dealkylation sites (tertiary alicyclic amines) is 1. The number of amides is 1. The monoisotopic (exact) mass is 494 g/mol. The number of carbonyl (C=O) groups excluding carboxylic acids is 1. The van der Waals surface area contributed by atoms with Crippen LogP contribution in [-0.2, 0) is 11.3 Å². The molecule has 2 N–H and O–H groups in total. The first kappa shape index (κ1) is 22.8. The Morgan fingerprint density at radius 2 is 2.00 bits per heavy atom. The maximum Gasteiger partial charge on any atom is 0.256 e. The van der Waals surface area contributed by atoms with Gasteiger partial charge in [0.1, 0.15) is 11.5 Å². The van der Waals surface area contributed by atoms with Crippen LogP contribution >= 0.6 is 0 Å². The van der Waals surface area contributed by atoms with Crippen molar-refractivity contribution in [2.45, 2.75) is 70.5 Å². The number of hydrogen-bond acceptors (Lipinski definition) is 6. The van der Waals surface area contributed by atoms with Gasteiger partial charge in [-0.3, -0.25) is 4.79 Å². The van der Waals surface area contributed by atoms with E-state index in [-0.39, 0.29) is 6.04 Å². The molecule has 0 radical (unpaired) electrons. The Morgan fingerprint density at radius 1 is 1.17 bits per heavy atom. The Labute approximate surface area is 206 Å². The van der Waals surface area contributed by atoms with E-state index in [4.69, 9.17) is 0 Å². The number of anilines is 1. The second kappa shape index (κ2) is 9.11. The lowest BCUT2D eigenvalue weighted by Crippen LogP contribution is -2.41. The fourth-order valence-electron chi connectivity index (χ4n) is 5.62. The van der Waals surface area contributed by atoms with Crippen LogP contribution in [0.4, 0.5) is 14.7 Å². The summed E-state index contributed by atoms with van der Waals surface area (Å²) in [6, 6.07) is 2.47. The number of carbonyl (C=O) groups is 1. The van der Waals surface area contributed by atoms with Crippen LogP contribution in [0.25, 0.3) is 33.3 Å². The van der Waals surface area contributed by atoms with Gasteiger partial charge in [-0.15, -0.1) is 0 Å². The third kappa shape index (κ3) is 4.16. The average molecular weight is 495 g/mol. The van der Waals surface area contributed by atoms with Gasteiger partial charge in [-0.2, -0.15) is 4.98 Å². The predicted molar refractivity (Wildman–Crippen MR) is 132 cm³/mol. The summed E-state index contributed by atoms with van der Waals surface area (Å²) in [7, 11) is 0. The van der Waals surface area contributed by atoms with Gasteiger partial charge in [0.2, 0.25) is 11.9 Å². The van der Waals surface area contributed by atoms with Gasteiger partial charge in [0.25, 0.3) is 6.43 Å². The second-order valence-corrected chi connectivity index (χ2v) is 9.73. The Kier molecular flexibility index (Phi) is 5.77. The normalized spacial score (nSPS) is 20.8. The number of pyridine rings is 1. The van der Waals surface area contributed by atoms with E-state index in [1.807, 2.05) is 12.3 Å². The number of nitrogens with zero attached hydrogens (tertiary/aromatic N) is 6. The number of rotatable bonds is 6. The molecule has 2 aliphatic rings. The van der Waals surface area contributed by atoms with Gasteiger partial charge in [0.05, 0.1) is 12.1 Å². The number of halogens is 2. The number of imidazole rings is 1. The van der Waals surface area contributed by atoms with Gasteiger partial charge in [0.15, 0.2) is 5.65 Å². The minimum absolute atomic E-state index is 0.274. The summed E-state index contributed by atoms with van der Waals surface area (Å²) >= 11 is 0. The molecule has 0 spiro atoms. The Morgan fingerprint density at radius 3 is 2.75 bits per heavy atom. The number of aromatic amines is 1. The Hall–Kier alpha value is -3.63. The second-order valence-electron chi connectivity index (χ2n) is 9.73. The molecule has 1 amide bonds. The van der Waals surface area contributed by atoms with E-state index in [0.717, 1.165) is 55.2 Å². The van der Waals surface area contributed by atoms with Crippen molar-refractivity contribution >= 4 is 34.1 Å². The summed E-state index contributed by atoms with van der Waals surface area (Å²) in [6.45, 7) is 2.18. The van der Waals surface area contributed by atoms with Crippen molar-refractivity contribution in [1.29, 1.82) is 0 Å². The number of aromatic nitrogens is 6. The lowest BCUT2D eigenvalue weighted by molar-refractivity contribution is -0.130. The van der Waals surface area contributed by atoms with E-state index < -0.39 is 13.0 Å². The molecule has 188 valence electrons.